The Hall–Kier alpha value is -2.55. The van der Waals surface area contributed by atoms with Crippen LogP contribution in [0.5, 0.6) is 0 Å². The molecule has 0 atom stereocenters. The number of nitrogens with zero attached hydrogens (tertiary/aromatic N) is 2. The van der Waals surface area contributed by atoms with E-state index in [1.807, 2.05) is 6.07 Å². The second kappa shape index (κ2) is 6.16. The first-order valence-corrected chi connectivity index (χ1v) is 8.34. The van der Waals surface area contributed by atoms with Gasteiger partial charge in [-0.25, -0.2) is 4.98 Å². The molecule has 3 nitrogen and oxygen atoms in total. The molecule has 3 heteroatoms. The maximum atomic E-state index is 4.87. The van der Waals surface area contributed by atoms with E-state index in [1.54, 1.807) is 0 Å². The van der Waals surface area contributed by atoms with E-state index in [4.69, 9.17) is 4.98 Å². The van der Waals surface area contributed by atoms with Gasteiger partial charge in [-0.1, -0.05) is 36.4 Å². The van der Waals surface area contributed by atoms with Gasteiger partial charge in [0, 0.05) is 11.7 Å². The average Bonchev–Trinajstić information content (AvgIpc) is 2.85. The number of allylic oxidation sites excluding steroid dienone is 1. The smallest absolute Gasteiger partial charge is 0.139 e. The van der Waals surface area contributed by atoms with Gasteiger partial charge < -0.3 is 5.32 Å². The van der Waals surface area contributed by atoms with E-state index in [9.17, 15) is 0 Å². The van der Waals surface area contributed by atoms with Crippen molar-refractivity contribution in [3.8, 4) is 0 Å². The third-order valence-electron chi connectivity index (χ3n) is 3.82. The maximum Gasteiger partial charge on any atom is 0.139 e. The van der Waals surface area contributed by atoms with Gasteiger partial charge in [0.15, 0.2) is 0 Å². The van der Waals surface area contributed by atoms with Crippen LogP contribution in [-0.2, 0) is 0 Å². The summed E-state index contributed by atoms with van der Waals surface area (Å²) in [4.78, 5) is 4.87. The molecule has 2 heterocycles. The van der Waals surface area contributed by atoms with Crippen LogP contribution in [0.25, 0.3) is 17.3 Å². The fourth-order valence-corrected chi connectivity index (χ4v) is 2.77. The number of rotatable bonds is 3. The van der Waals surface area contributed by atoms with Gasteiger partial charge in [-0.2, -0.15) is 0 Å². The number of pyridine rings is 1. The fraction of sp³-hybridized carbons (Fsp3) is 0.286. The molecule has 0 radical (unpaired) electrons. The van der Waals surface area contributed by atoms with Crippen molar-refractivity contribution < 1.29 is 0 Å². The highest BCUT2D eigenvalue weighted by molar-refractivity contribution is 5.85. The van der Waals surface area contributed by atoms with Gasteiger partial charge in [0.25, 0.3) is 0 Å². The lowest BCUT2D eigenvalue weighted by Gasteiger charge is -2.22. The first-order chi connectivity index (χ1) is 11.3. The molecule has 0 saturated heterocycles. The van der Waals surface area contributed by atoms with Crippen molar-refractivity contribution in [2.45, 2.75) is 40.2 Å². The molecule has 0 aliphatic heterocycles. The summed E-state index contributed by atoms with van der Waals surface area (Å²) in [5.41, 5.74) is 5.47. The lowest BCUT2D eigenvalue weighted by molar-refractivity contribution is 0.629. The van der Waals surface area contributed by atoms with Crippen molar-refractivity contribution in [1.82, 2.24) is 9.38 Å². The first-order valence-electron chi connectivity index (χ1n) is 8.34. The zero-order chi connectivity index (χ0) is 17.3. The van der Waals surface area contributed by atoms with Crippen LogP contribution in [0.2, 0.25) is 0 Å². The number of hydrogen-bond acceptors (Lipinski definition) is 2. The van der Waals surface area contributed by atoms with Crippen molar-refractivity contribution in [3.05, 3.63) is 65.5 Å². The SMILES string of the molecule is CC(=Cc1ccccc1)c1nc2ccc(C)cn2c1NC(C)(C)C. The van der Waals surface area contributed by atoms with Gasteiger partial charge in [-0.15, -0.1) is 0 Å². The molecule has 24 heavy (non-hydrogen) atoms. The summed E-state index contributed by atoms with van der Waals surface area (Å²) in [7, 11) is 0. The summed E-state index contributed by atoms with van der Waals surface area (Å²) in [5.74, 6) is 1.05. The third-order valence-corrected chi connectivity index (χ3v) is 3.82. The molecule has 0 bridgehead atoms. The standard InChI is InChI=1S/C21H25N3/c1-15-11-12-18-22-19(16(2)13-17-9-7-6-8-10-17)20(24(18)14-15)23-21(3,4)5/h6-14,23H,1-5H3. The Kier molecular flexibility index (Phi) is 4.18. The van der Waals surface area contributed by atoms with E-state index in [0.717, 1.165) is 22.7 Å². The normalized spacial score (nSPS) is 12.6. The Labute approximate surface area is 144 Å². The number of imidazole rings is 1. The van der Waals surface area contributed by atoms with Crippen molar-refractivity contribution >= 4 is 23.1 Å². The second-order valence-corrected chi connectivity index (χ2v) is 7.36. The van der Waals surface area contributed by atoms with Crippen molar-refractivity contribution in [1.29, 1.82) is 0 Å². The van der Waals surface area contributed by atoms with Gasteiger partial charge in [-0.3, -0.25) is 4.40 Å². The van der Waals surface area contributed by atoms with Gasteiger partial charge in [0.1, 0.15) is 17.2 Å². The van der Waals surface area contributed by atoms with Gasteiger partial charge in [0.2, 0.25) is 0 Å². The number of aromatic nitrogens is 2. The van der Waals surface area contributed by atoms with Crippen LogP contribution in [0.3, 0.4) is 0 Å². The maximum absolute atomic E-state index is 4.87. The summed E-state index contributed by atoms with van der Waals surface area (Å²) in [6, 6.07) is 14.5. The Morgan fingerprint density at radius 1 is 1.08 bits per heavy atom. The molecule has 1 aromatic carbocycles. The van der Waals surface area contributed by atoms with Crippen LogP contribution in [0.15, 0.2) is 48.7 Å². The van der Waals surface area contributed by atoms with Crippen LogP contribution in [0, 0.1) is 6.92 Å². The Balaban J connectivity index is 2.16. The van der Waals surface area contributed by atoms with E-state index in [1.165, 1.54) is 11.1 Å². The van der Waals surface area contributed by atoms with Crippen LogP contribution in [-0.4, -0.2) is 14.9 Å². The molecular formula is C21H25N3. The summed E-state index contributed by atoms with van der Waals surface area (Å²) in [6.45, 7) is 10.7. The Morgan fingerprint density at radius 2 is 1.79 bits per heavy atom. The minimum Gasteiger partial charge on any atom is -0.365 e. The molecular weight excluding hydrogens is 294 g/mol. The van der Waals surface area contributed by atoms with E-state index < -0.39 is 0 Å². The molecule has 0 aliphatic carbocycles. The molecule has 0 aliphatic rings. The van der Waals surface area contributed by atoms with Crippen LogP contribution in [0.4, 0.5) is 5.82 Å². The number of nitrogens with one attached hydrogen (secondary N) is 1. The number of benzene rings is 1. The second-order valence-electron chi connectivity index (χ2n) is 7.36. The number of fused-ring (bicyclic) bond motifs is 1. The zero-order valence-electron chi connectivity index (χ0n) is 15.1. The van der Waals surface area contributed by atoms with E-state index in [0.29, 0.717) is 0 Å². The molecule has 124 valence electrons. The number of aryl methyl sites for hydroxylation is 1. The van der Waals surface area contributed by atoms with E-state index in [2.05, 4.69) is 93.0 Å². The van der Waals surface area contributed by atoms with E-state index >= 15 is 0 Å². The molecule has 2 aromatic heterocycles. The van der Waals surface area contributed by atoms with Crippen LogP contribution >= 0.6 is 0 Å². The number of anilines is 1. The first kappa shape index (κ1) is 16.3. The quantitative estimate of drug-likeness (QED) is 0.699. The molecule has 0 fully saturated rings. The molecule has 0 spiro atoms. The largest absolute Gasteiger partial charge is 0.365 e. The number of hydrogen-bond donors (Lipinski definition) is 1. The van der Waals surface area contributed by atoms with Gasteiger partial charge in [0.05, 0.1) is 0 Å². The minimum absolute atomic E-state index is 0.0402. The third kappa shape index (κ3) is 3.51. The molecule has 1 N–H and O–H groups in total. The van der Waals surface area contributed by atoms with Crippen molar-refractivity contribution in [2.75, 3.05) is 5.32 Å². The average molecular weight is 319 g/mol. The minimum atomic E-state index is -0.0402. The molecule has 3 aromatic rings. The predicted molar refractivity (Wildman–Crippen MR) is 103 cm³/mol. The molecule has 3 rings (SSSR count). The molecule has 0 amide bonds. The highest BCUT2D eigenvalue weighted by Gasteiger charge is 2.19. The van der Waals surface area contributed by atoms with Gasteiger partial charge >= 0.3 is 0 Å². The lowest BCUT2D eigenvalue weighted by Crippen LogP contribution is -2.27. The topological polar surface area (TPSA) is 29.3 Å². The van der Waals surface area contributed by atoms with Crippen molar-refractivity contribution in [2.24, 2.45) is 0 Å². The van der Waals surface area contributed by atoms with E-state index in [-0.39, 0.29) is 5.54 Å². The lowest BCUT2D eigenvalue weighted by atomic mass is 10.1. The molecule has 0 unspecified atom stereocenters. The summed E-state index contributed by atoms with van der Waals surface area (Å²) in [6.07, 6.45) is 4.32. The highest BCUT2D eigenvalue weighted by atomic mass is 15.2. The fourth-order valence-electron chi connectivity index (χ4n) is 2.77. The molecule has 0 saturated carbocycles. The van der Waals surface area contributed by atoms with Gasteiger partial charge in [-0.05, 0) is 63.5 Å². The Bertz CT molecular complexity index is 881. The van der Waals surface area contributed by atoms with Crippen molar-refractivity contribution in [3.63, 3.8) is 0 Å². The zero-order valence-corrected chi connectivity index (χ0v) is 15.1. The summed E-state index contributed by atoms with van der Waals surface area (Å²) >= 11 is 0. The summed E-state index contributed by atoms with van der Waals surface area (Å²) < 4.78 is 2.15. The Morgan fingerprint density at radius 3 is 2.46 bits per heavy atom. The highest BCUT2D eigenvalue weighted by Crippen LogP contribution is 2.29. The summed E-state index contributed by atoms with van der Waals surface area (Å²) in [5, 5.41) is 3.63. The monoisotopic (exact) mass is 319 g/mol. The predicted octanol–water partition coefficient (Wildman–Crippen LogP) is 5.41. The van der Waals surface area contributed by atoms with Crippen LogP contribution in [0.1, 0.15) is 44.5 Å². The van der Waals surface area contributed by atoms with Crippen LogP contribution < -0.4 is 5.32 Å².